The summed E-state index contributed by atoms with van der Waals surface area (Å²) >= 11 is 1.62. The molecule has 114 valence electrons. The van der Waals surface area contributed by atoms with Gasteiger partial charge in [0.05, 0.1) is 36.1 Å². The molecule has 6 nitrogen and oxygen atoms in total. The molecule has 0 spiro atoms. The fraction of sp³-hybridized carbons (Fsp3) is 0.429. The lowest BCUT2D eigenvalue weighted by Crippen LogP contribution is -2.12. The first-order chi connectivity index (χ1) is 10.0. The average molecular weight is 307 g/mol. The highest BCUT2D eigenvalue weighted by Gasteiger charge is 2.13. The Hall–Kier alpha value is -2.02. The van der Waals surface area contributed by atoms with E-state index >= 15 is 0 Å². The molecule has 21 heavy (non-hydrogen) atoms. The molecule has 0 aliphatic rings. The predicted molar refractivity (Wildman–Crippen MR) is 88.9 cm³/mol. The smallest absolute Gasteiger partial charge is 0.231 e. The molecule has 0 aromatic carbocycles. The number of rotatable bonds is 6. The van der Waals surface area contributed by atoms with Crippen LogP contribution in [0.4, 0.5) is 16.5 Å². The van der Waals surface area contributed by atoms with Crippen molar-refractivity contribution in [3.05, 3.63) is 23.3 Å². The monoisotopic (exact) mass is 307 g/mol. The lowest BCUT2D eigenvalue weighted by molar-refractivity contribution is 0.397. The summed E-state index contributed by atoms with van der Waals surface area (Å²) in [6.45, 7) is 0.654. The maximum Gasteiger partial charge on any atom is 0.231 e. The summed E-state index contributed by atoms with van der Waals surface area (Å²) in [6, 6.07) is 1.98. The molecule has 0 fully saturated rings. The lowest BCUT2D eigenvalue weighted by atomic mass is 10.3. The van der Waals surface area contributed by atoms with Crippen LogP contribution in [0, 0.1) is 0 Å². The number of hydrogen-bond acceptors (Lipinski definition) is 7. The molecule has 0 unspecified atom stereocenters. The third-order valence-corrected chi connectivity index (χ3v) is 4.15. The summed E-state index contributed by atoms with van der Waals surface area (Å²) in [4.78, 5) is 13.7. The SMILES string of the molecule is COc1nc(N(C)C)sc1CNc1cnccc1N(C)C. The van der Waals surface area contributed by atoms with Crippen molar-refractivity contribution in [2.75, 3.05) is 50.4 Å². The van der Waals surface area contributed by atoms with Crippen LogP contribution < -0.4 is 19.9 Å². The molecule has 0 aliphatic carbocycles. The van der Waals surface area contributed by atoms with Gasteiger partial charge in [0.1, 0.15) is 0 Å². The number of hydrogen-bond donors (Lipinski definition) is 1. The highest BCUT2D eigenvalue weighted by molar-refractivity contribution is 7.15. The standard InChI is InChI=1S/C14H21N5OS/c1-18(2)11-6-7-15-8-10(11)16-9-12-13(20-5)17-14(21-12)19(3)4/h6-8,16H,9H2,1-5H3. The van der Waals surface area contributed by atoms with Gasteiger partial charge in [0.15, 0.2) is 5.13 Å². The van der Waals surface area contributed by atoms with Crippen molar-refractivity contribution in [1.82, 2.24) is 9.97 Å². The van der Waals surface area contributed by atoms with E-state index in [1.54, 1.807) is 24.6 Å². The average Bonchev–Trinajstić information content (AvgIpc) is 2.88. The van der Waals surface area contributed by atoms with Crippen molar-refractivity contribution in [1.29, 1.82) is 0 Å². The number of methoxy groups -OCH3 is 1. The van der Waals surface area contributed by atoms with Crippen LogP contribution in [0.1, 0.15) is 4.88 Å². The second-order valence-electron chi connectivity index (χ2n) is 4.96. The molecule has 7 heteroatoms. The first-order valence-electron chi connectivity index (χ1n) is 6.59. The fourth-order valence-corrected chi connectivity index (χ4v) is 2.77. The first-order valence-corrected chi connectivity index (χ1v) is 7.40. The second kappa shape index (κ2) is 6.62. The van der Waals surface area contributed by atoms with E-state index in [1.165, 1.54) is 0 Å². The Labute approximate surface area is 129 Å². The van der Waals surface area contributed by atoms with E-state index in [0.717, 1.165) is 21.4 Å². The van der Waals surface area contributed by atoms with Gasteiger partial charge in [0, 0.05) is 34.4 Å². The van der Waals surface area contributed by atoms with Crippen LogP contribution >= 0.6 is 11.3 Å². The number of pyridine rings is 1. The van der Waals surface area contributed by atoms with E-state index in [9.17, 15) is 0 Å². The maximum atomic E-state index is 5.35. The number of aromatic nitrogens is 2. The normalized spacial score (nSPS) is 10.3. The van der Waals surface area contributed by atoms with Crippen LogP contribution in [0.5, 0.6) is 5.88 Å². The molecule has 0 amide bonds. The summed E-state index contributed by atoms with van der Waals surface area (Å²) < 4.78 is 5.35. The van der Waals surface area contributed by atoms with E-state index in [-0.39, 0.29) is 0 Å². The Morgan fingerprint density at radius 3 is 2.62 bits per heavy atom. The molecule has 2 aromatic heterocycles. The summed E-state index contributed by atoms with van der Waals surface area (Å²) in [7, 11) is 9.62. The quantitative estimate of drug-likeness (QED) is 0.884. The molecular formula is C14H21N5OS. The van der Waals surface area contributed by atoms with Crippen molar-refractivity contribution >= 4 is 27.8 Å². The Balaban J connectivity index is 2.17. The van der Waals surface area contributed by atoms with E-state index in [0.29, 0.717) is 12.4 Å². The van der Waals surface area contributed by atoms with Gasteiger partial charge in [-0.15, -0.1) is 0 Å². The van der Waals surface area contributed by atoms with E-state index in [4.69, 9.17) is 4.74 Å². The Morgan fingerprint density at radius 2 is 2.00 bits per heavy atom. The van der Waals surface area contributed by atoms with Gasteiger partial charge in [-0.05, 0) is 6.07 Å². The van der Waals surface area contributed by atoms with Crippen molar-refractivity contribution in [3.63, 3.8) is 0 Å². The number of anilines is 3. The third kappa shape index (κ3) is 3.55. The molecule has 0 saturated heterocycles. The minimum atomic E-state index is 0.654. The number of ether oxygens (including phenoxy) is 1. The Bertz CT molecular complexity index is 597. The van der Waals surface area contributed by atoms with Gasteiger partial charge in [-0.1, -0.05) is 11.3 Å². The zero-order chi connectivity index (χ0) is 15.4. The van der Waals surface area contributed by atoms with Gasteiger partial charge in [0.2, 0.25) is 5.88 Å². The molecule has 0 aliphatic heterocycles. The first kappa shape index (κ1) is 15.4. The number of nitrogens with one attached hydrogen (secondary N) is 1. The van der Waals surface area contributed by atoms with Gasteiger partial charge in [0.25, 0.3) is 0 Å². The second-order valence-corrected chi connectivity index (χ2v) is 6.03. The van der Waals surface area contributed by atoms with E-state index < -0.39 is 0 Å². The van der Waals surface area contributed by atoms with Crippen LogP contribution in [-0.2, 0) is 6.54 Å². The molecule has 0 saturated carbocycles. The minimum absolute atomic E-state index is 0.654. The van der Waals surface area contributed by atoms with Crippen LogP contribution in [0.15, 0.2) is 18.5 Å². The van der Waals surface area contributed by atoms with Crippen LogP contribution in [0.2, 0.25) is 0 Å². The molecule has 2 rings (SSSR count). The zero-order valence-corrected chi connectivity index (χ0v) is 13.9. The third-order valence-electron chi connectivity index (χ3n) is 2.95. The summed E-state index contributed by atoms with van der Waals surface area (Å²) in [5.74, 6) is 0.673. The number of thiazole rings is 1. The van der Waals surface area contributed by atoms with Crippen molar-refractivity contribution in [3.8, 4) is 5.88 Å². The maximum absolute atomic E-state index is 5.35. The summed E-state index contributed by atoms with van der Waals surface area (Å²) in [5.41, 5.74) is 2.09. The zero-order valence-electron chi connectivity index (χ0n) is 13.0. The molecule has 2 aromatic rings. The lowest BCUT2D eigenvalue weighted by Gasteiger charge is -2.17. The van der Waals surface area contributed by atoms with Gasteiger partial charge in [-0.3, -0.25) is 4.98 Å². The highest BCUT2D eigenvalue weighted by Crippen LogP contribution is 2.32. The van der Waals surface area contributed by atoms with Crippen molar-refractivity contribution in [2.45, 2.75) is 6.54 Å². The Kier molecular flexibility index (Phi) is 4.85. The van der Waals surface area contributed by atoms with Gasteiger partial charge in [-0.2, -0.15) is 4.98 Å². The van der Waals surface area contributed by atoms with E-state index in [2.05, 4.69) is 20.2 Å². The molecule has 2 heterocycles. The molecule has 1 N–H and O–H groups in total. The van der Waals surface area contributed by atoms with Crippen LogP contribution in [0.3, 0.4) is 0 Å². The van der Waals surface area contributed by atoms with Gasteiger partial charge in [-0.25, -0.2) is 0 Å². The molecule has 0 bridgehead atoms. The van der Waals surface area contributed by atoms with Crippen molar-refractivity contribution in [2.24, 2.45) is 0 Å². The minimum Gasteiger partial charge on any atom is -0.480 e. The summed E-state index contributed by atoms with van der Waals surface area (Å²) in [5, 5.41) is 4.34. The number of nitrogens with zero attached hydrogens (tertiary/aromatic N) is 4. The fourth-order valence-electron chi connectivity index (χ4n) is 1.88. The van der Waals surface area contributed by atoms with Crippen molar-refractivity contribution < 1.29 is 4.74 Å². The topological polar surface area (TPSA) is 53.5 Å². The molecule has 0 radical (unpaired) electrons. The largest absolute Gasteiger partial charge is 0.480 e. The van der Waals surface area contributed by atoms with Crippen LogP contribution in [-0.4, -0.2) is 45.3 Å². The highest BCUT2D eigenvalue weighted by atomic mass is 32.1. The molecule has 0 atom stereocenters. The summed E-state index contributed by atoms with van der Waals surface area (Å²) in [6.07, 6.45) is 3.62. The van der Waals surface area contributed by atoms with E-state index in [1.807, 2.05) is 45.4 Å². The Morgan fingerprint density at radius 1 is 1.24 bits per heavy atom. The van der Waals surface area contributed by atoms with Gasteiger partial charge >= 0.3 is 0 Å². The van der Waals surface area contributed by atoms with Gasteiger partial charge < -0.3 is 19.9 Å². The predicted octanol–water partition coefficient (Wildman–Crippen LogP) is 2.29. The van der Waals surface area contributed by atoms with Crippen LogP contribution in [0.25, 0.3) is 0 Å². The molecular weight excluding hydrogens is 286 g/mol.